The van der Waals surface area contributed by atoms with E-state index >= 15 is 0 Å². The second kappa shape index (κ2) is 7.12. The minimum Gasteiger partial charge on any atom is -0.271 e. The Morgan fingerprint density at radius 3 is 2.88 bits per heavy atom. The fourth-order valence-corrected chi connectivity index (χ4v) is 2.23. The summed E-state index contributed by atoms with van der Waals surface area (Å²) < 4.78 is 13.2. The molecule has 0 radical (unpaired) electrons. The van der Waals surface area contributed by atoms with Gasteiger partial charge in [-0.2, -0.15) is 11.8 Å². The van der Waals surface area contributed by atoms with E-state index in [-0.39, 0.29) is 16.9 Å². The molecular weight excluding hydrogens is 247 g/mol. The first kappa shape index (κ1) is 13.8. The Kier molecular flexibility index (Phi) is 6.13. The second-order valence-electron chi connectivity index (χ2n) is 3.48. The molecule has 90 valence electrons. The normalized spacial score (nSPS) is 12.8. The van der Waals surface area contributed by atoms with E-state index in [0.29, 0.717) is 6.42 Å². The Bertz CT molecular complexity index is 336. The van der Waals surface area contributed by atoms with Crippen molar-refractivity contribution < 1.29 is 4.39 Å². The summed E-state index contributed by atoms with van der Waals surface area (Å²) in [7, 11) is 0. The van der Waals surface area contributed by atoms with Crippen molar-refractivity contribution in [3.8, 4) is 0 Å². The molecule has 0 spiro atoms. The lowest BCUT2D eigenvalue weighted by Gasteiger charge is -2.15. The predicted molar refractivity (Wildman–Crippen MR) is 69.2 cm³/mol. The Morgan fingerprint density at radius 2 is 2.31 bits per heavy atom. The maximum absolute atomic E-state index is 13.2. The first-order valence-corrected chi connectivity index (χ1v) is 6.68. The van der Waals surface area contributed by atoms with E-state index in [1.165, 1.54) is 6.07 Å². The molecule has 3 N–H and O–H groups in total. The molecule has 1 rings (SSSR count). The molecule has 16 heavy (non-hydrogen) atoms. The molecule has 0 bridgehead atoms. The molecule has 1 atom stereocenters. The van der Waals surface area contributed by atoms with Crippen LogP contribution in [-0.4, -0.2) is 17.5 Å². The van der Waals surface area contributed by atoms with Gasteiger partial charge in [0.2, 0.25) is 0 Å². The smallest absolute Gasteiger partial charge is 0.142 e. The fraction of sp³-hybridized carbons (Fsp3) is 0.455. The van der Waals surface area contributed by atoms with Crippen molar-refractivity contribution in [3.63, 3.8) is 0 Å². The van der Waals surface area contributed by atoms with Gasteiger partial charge in [0.05, 0.1) is 5.02 Å². The van der Waals surface area contributed by atoms with Gasteiger partial charge in [-0.25, -0.2) is 4.39 Å². The summed E-state index contributed by atoms with van der Waals surface area (Å²) in [5, 5.41) is 0.156. The lowest BCUT2D eigenvalue weighted by molar-refractivity contribution is 0.570. The van der Waals surface area contributed by atoms with Crippen LogP contribution in [0.15, 0.2) is 18.2 Å². The van der Waals surface area contributed by atoms with E-state index in [4.69, 9.17) is 17.4 Å². The van der Waals surface area contributed by atoms with E-state index < -0.39 is 0 Å². The summed E-state index contributed by atoms with van der Waals surface area (Å²) in [4.78, 5) is 0. The third kappa shape index (κ3) is 4.29. The Hall–Kier alpha value is -0.290. The molecule has 0 amide bonds. The Balaban J connectivity index is 2.59. The predicted octanol–water partition coefficient (Wildman–Crippen LogP) is 2.61. The average molecular weight is 263 g/mol. The van der Waals surface area contributed by atoms with Crippen LogP contribution in [-0.2, 0) is 6.42 Å². The molecule has 0 aliphatic heterocycles. The lowest BCUT2D eigenvalue weighted by Crippen LogP contribution is -2.38. The molecular formula is C11H16ClFN2S. The molecule has 0 fully saturated rings. The minimum absolute atomic E-state index is 0.156. The summed E-state index contributed by atoms with van der Waals surface area (Å²) >= 11 is 7.42. The van der Waals surface area contributed by atoms with Crippen molar-refractivity contribution >= 4 is 23.4 Å². The molecule has 0 aliphatic rings. The standard InChI is InChI=1S/C11H16ClFN2S/c1-2-16-7-9(15-14)5-8-3-4-10(12)11(13)6-8/h3-4,6,9,15H,2,5,7,14H2,1H3. The summed E-state index contributed by atoms with van der Waals surface area (Å²) in [6, 6.07) is 5.02. The third-order valence-electron chi connectivity index (χ3n) is 2.22. The molecule has 0 saturated heterocycles. The fourth-order valence-electron chi connectivity index (χ4n) is 1.38. The van der Waals surface area contributed by atoms with Gasteiger partial charge in [-0.3, -0.25) is 11.3 Å². The number of nitrogens with two attached hydrogens (primary N) is 1. The summed E-state index contributed by atoms with van der Waals surface area (Å²) in [5.74, 6) is 7.03. The zero-order chi connectivity index (χ0) is 12.0. The van der Waals surface area contributed by atoms with Crippen LogP contribution in [0.2, 0.25) is 5.02 Å². The van der Waals surface area contributed by atoms with Crippen molar-refractivity contribution in [2.75, 3.05) is 11.5 Å². The highest BCUT2D eigenvalue weighted by Crippen LogP contribution is 2.17. The van der Waals surface area contributed by atoms with E-state index in [1.807, 2.05) is 6.07 Å². The van der Waals surface area contributed by atoms with E-state index in [1.54, 1.807) is 17.8 Å². The van der Waals surface area contributed by atoms with Gasteiger partial charge in [-0.05, 0) is 29.9 Å². The van der Waals surface area contributed by atoms with E-state index in [9.17, 15) is 4.39 Å². The quantitative estimate of drug-likeness (QED) is 0.611. The Morgan fingerprint density at radius 1 is 1.56 bits per heavy atom. The molecule has 2 nitrogen and oxygen atoms in total. The van der Waals surface area contributed by atoms with E-state index in [2.05, 4.69) is 12.3 Å². The van der Waals surface area contributed by atoms with Crippen LogP contribution in [0, 0.1) is 5.82 Å². The molecule has 0 saturated carbocycles. The average Bonchev–Trinajstić information content (AvgIpc) is 2.29. The van der Waals surface area contributed by atoms with Crippen LogP contribution in [0.5, 0.6) is 0 Å². The van der Waals surface area contributed by atoms with Gasteiger partial charge in [-0.15, -0.1) is 0 Å². The van der Waals surface area contributed by atoms with Crippen molar-refractivity contribution in [2.24, 2.45) is 5.84 Å². The minimum atomic E-state index is -0.377. The van der Waals surface area contributed by atoms with Gasteiger partial charge in [0.15, 0.2) is 0 Å². The zero-order valence-electron chi connectivity index (χ0n) is 9.17. The third-order valence-corrected chi connectivity index (χ3v) is 3.58. The van der Waals surface area contributed by atoms with Gasteiger partial charge >= 0.3 is 0 Å². The van der Waals surface area contributed by atoms with Crippen molar-refractivity contribution in [2.45, 2.75) is 19.4 Å². The van der Waals surface area contributed by atoms with E-state index in [0.717, 1.165) is 17.1 Å². The maximum atomic E-state index is 13.2. The largest absolute Gasteiger partial charge is 0.271 e. The number of nitrogens with one attached hydrogen (secondary N) is 1. The second-order valence-corrected chi connectivity index (χ2v) is 5.20. The first-order chi connectivity index (χ1) is 7.67. The molecule has 0 heterocycles. The van der Waals surface area contributed by atoms with Gasteiger partial charge in [0.25, 0.3) is 0 Å². The number of benzene rings is 1. The maximum Gasteiger partial charge on any atom is 0.142 e. The number of thioether (sulfide) groups is 1. The summed E-state index contributed by atoms with van der Waals surface area (Å²) in [6.07, 6.45) is 0.706. The molecule has 1 aromatic rings. The van der Waals surface area contributed by atoms with Crippen LogP contribution < -0.4 is 11.3 Å². The van der Waals surface area contributed by atoms with Crippen molar-refractivity contribution in [3.05, 3.63) is 34.6 Å². The highest BCUT2D eigenvalue weighted by molar-refractivity contribution is 7.99. The number of hydrazine groups is 1. The highest BCUT2D eigenvalue weighted by atomic mass is 35.5. The lowest BCUT2D eigenvalue weighted by atomic mass is 10.1. The monoisotopic (exact) mass is 262 g/mol. The molecule has 1 unspecified atom stereocenters. The summed E-state index contributed by atoms with van der Waals surface area (Å²) in [6.45, 7) is 2.10. The van der Waals surface area contributed by atoms with Gasteiger partial charge in [0, 0.05) is 11.8 Å². The van der Waals surface area contributed by atoms with Crippen molar-refractivity contribution in [1.82, 2.24) is 5.43 Å². The van der Waals surface area contributed by atoms with Crippen LogP contribution in [0.3, 0.4) is 0 Å². The molecule has 5 heteroatoms. The molecule has 1 aromatic carbocycles. The van der Waals surface area contributed by atoms with Gasteiger partial charge in [-0.1, -0.05) is 24.6 Å². The molecule has 0 aromatic heterocycles. The summed E-state index contributed by atoms with van der Waals surface area (Å²) in [5.41, 5.74) is 3.65. The Labute approximate surface area is 105 Å². The van der Waals surface area contributed by atoms with Crippen molar-refractivity contribution in [1.29, 1.82) is 0 Å². The zero-order valence-corrected chi connectivity index (χ0v) is 10.7. The van der Waals surface area contributed by atoms with Gasteiger partial charge < -0.3 is 0 Å². The van der Waals surface area contributed by atoms with Gasteiger partial charge in [0.1, 0.15) is 5.82 Å². The van der Waals surface area contributed by atoms with Crippen LogP contribution in [0.25, 0.3) is 0 Å². The van der Waals surface area contributed by atoms with Crippen LogP contribution in [0.1, 0.15) is 12.5 Å². The number of hydrogen-bond donors (Lipinski definition) is 2. The SMILES string of the molecule is CCSCC(Cc1ccc(Cl)c(F)c1)NN. The topological polar surface area (TPSA) is 38.0 Å². The number of halogens is 2. The van der Waals surface area contributed by atoms with Crippen LogP contribution >= 0.6 is 23.4 Å². The highest BCUT2D eigenvalue weighted by Gasteiger charge is 2.09. The van der Waals surface area contributed by atoms with Crippen LogP contribution in [0.4, 0.5) is 4.39 Å². The number of rotatable bonds is 6. The number of hydrogen-bond acceptors (Lipinski definition) is 3. The first-order valence-electron chi connectivity index (χ1n) is 5.15. The molecule has 0 aliphatic carbocycles.